The lowest BCUT2D eigenvalue weighted by atomic mass is 10.2. The van der Waals surface area contributed by atoms with E-state index in [0.29, 0.717) is 16.7 Å². The number of hydrogen-bond acceptors (Lipinski definition) is 5. The molecule has 94 valence electrons. The highest BCUT2D eigenvalue weighted by atomic mass is 35.5. The third-order valence-corrected chi connectivity index (χ3v) is 3.27. The van der Waals surface area contributed by atoms with Crippen LogP contribution in [0.1, 0.15) is 4.88 Å². The van der Waals surface area contributed by atoms with Crippen molar-refractivity contribution in [3.63, 3.8) is 0 Å². The van der Waals surface area contributed by atoms with Crippen LogP contribution in [0.25, 0.3) is 0 Å². The summed E-state index contributed by atoms with van der Waals surface area (Å²) in [5.74, 6) is 0.858. The number of halogens is 1. The molecule has 0 radical (unpaired) electrons. The van der Waals surface area contributed by atoms with Crippen molar-refractivity contribution in [3.8, 4) is 11.5 Å². The van der Waals surface area contributed by atoms with E-state index >= 15 is 0 Å². The summed E-state index contributed by atoms with van der Waals surface area (Å²) in [7, 11) is -2.31. The number of hydrogen-bond donors (Lipinski definition) is 0. The maximum absolute atomic E-state index is 10.3. The molecule has 0 unspecified atom stereocenters. The Morgan fingerprint density at radius 3 is 2.28 bits per heavy atom. The van der Waals surface area contributed by atoms with Gasteiger partial charge < -0.3 is 19.4 Å². The van der Waals surface area contributed by atoms with Crippen LogP contribution in [0.2, 0.25) is 4.34 Å². The van der Waals surface area contributed by atoms with Crippen molar-refractivity contribution in [2.24, 2.45) is 0 Å². The van der Waals surface area contributed by atoms with E-state index in [2.05, 4.69) is 4.65 Å². The van der Waals surface area contributed by atoms with E-state index in [-0.39, 0.29) is 5.75 Å². The molecule has 4 nitrogen and oxygen atoms in total. The van der Waals surface area contributed by atoms with E-state index in [9.17, 15) is 10.0 Å². The summed E-state index contributed by atoms with van der Waals surface area (Å²) in [5, 5.41) is 20.5. The zero-order valence-electron chi connectivity index (χ0n) is 9.17. The van der Waals surface area contributed by atoms with Crippen LogP contribution < -0.4 is 19.4 Å². The molecule has 0 bridgehead atoms. The highest BCUT2D eigenvalue weighted by Gasteiger charge is 2.00. The Balaban J connectivity index is 1.90. The first kappa shape index (κ1) is 13.2. The van der Waals surface area contributed by atoms with Crippen molar-refractivity contribution >= 4 is 30.3 Å². The Bertz CT molecular complexity index is 500. The second-order valence-corrected chi connectivity index (χ2v) is 5.17. The number of ether oxygens (including phenoxy) is 1. The Morgan fingerprint density at radius 1 is 1.06 bits per heavy atom. The van der Waals surface area contributed by atoms with Gasteiger partial charge in [-0.05, 0) is 36.4 Å². The quantitative estimate of drug-likeness (QED) is 0.769. The molecule has 0 aliphatic rings. The average molecular weight is 283 g/mol. The van der Waals surface area contributed by atoms with Gasteiger partial charge in [0, 0.05) is 4.88 Å². The summed E-state index contributed by atoms with van der Waals surface area (Å²) in [6.07, 6.45) is 0. The Labute approximate surface area is 114 Å². The molecule has 0 saturated carbocycles. The van der Waals surface area contributed by atoms with Gasteiger partial charge >= 0.3 is 0 Å². The molecule has 2 aromatic rings. The molecule has 0 spiro atoms. The van der Waals surface area contributed by atoms with Crippen LogP contribution in [-0.4, -0.2) is 7.32 Å². The van der Waals surface area contributed by atoms with Gasteiger partial charge in [0.15, 0.2) is 0 Å². The number of benzene rings is 1. The SMILES string of the molecule is [O-]B([O-])Oc1ccc(OCc2ccc(Cl)s2)cc1. The maximum atomic E-state index is 10.3. The second kappa shape index (κ2) is 6.11. The summed E-state index contributed by atoms with van der Waals surface area (Å²) in [6, 6.07) is 9.99. The minimum atomic E-state index is -2.31. The van der Waals surface area contributed by atoms with E-state index in [1.807, 2.05) is 12.1 Å². The maximum Gasteiger partial charge on any atom is 0.133 e. The highest BCUT2D eigenvalue weighted by Crippen LogP contribution is 2.23. The van der Waals surface area contributed by atoms with Gasteiger partial charge in [0.25, 0.3) is 0 Å². The van der Waals surface area contributed by atoms with Crippen LogP contribution in [0.4, 0.5) is 0 Å². The third-order valence-electron chi connectivity index (χ3n) is 2.07. The van der Waals surface area contributed by atoms with Crippen molar-refractivity contribution in [2.45, 2.75) is 6.61 Å². The van der Waals surface area contributed by atoms with Crippen LogP contribution in [0.15, 0.2) is 36.4 Å². The van der Waals surface area contributed by atoms with E-state index in [1.165, 1.54) is 23.5 Å². The minimum Gasteiger partial charge on any atom is -0.860 e. The topological polar surface area (TPSA) is 64.6 Å². The molecule has 0 amide bonds. The molecule has 7 heteroatoms. The molecule has 1 aromatic carbocycles. The fourth-order valence-corrected chi connectivity index (χ4v) is 2.31. The number of rotatable bonds is 5. The lowest BCUT2D eigenvalue weighted by Gasteiger charge is -2.26. The van der Waals surface area contributed by atoms with Crippen molar-refractivity contribution in [3.05, 3.63) is 45.6 Å². The van der Waals surface area contributed by atoms with E-state index in [4.69, 9.17) is 16.3 Å². The normalized spacial score (nSPS) is 10.2. The van der Waals surface area contributed by atoms with Crippen LogP contribution in [0, 0.1) is 0 Å². The van der Waals surface area contributed by atoms with Gasteiger partial charge in [-0.3, -0.25) is 0 Å². The van der Waals surface area contributed by atoms with E-state index in [0.717, 1.165) is 4.88 Å². The highest BCUT2D eigenvalue weighted by molar-refractivity contribution is 7.16. The van der Waals surface area contributed by atoms with Gasteiger partial charge in [-0.1, -0.05) is 11.6 Å². The van der Waals surface area contributed by atoms with Crippen molar-refractivity contribution < 1.29 is 19.4 Å². The van der Waals surface area contributed by atoms with Gasteiger partial charge in [0.1, 0.15) is 19.7 Å². The summed E-state index contributed by atoms with van der Waals surface area (Å²) >= 11 is 7.25. The minimum absolute atomic E-state index is 0.233. The van der Waals surface area contributed by atoms with Gasteiger partial charge in [0.2, 0.25) is 0 Å². The second-order valence-electron chi connectivity index (χ2n) is 3.37. The predicted octanol–water partition coefficient (Wildman–Crippen LogP) is 1.06. The molecule has 0 N–H and O–H groups in total. The summed E-state index contributed by atoms with van der Waals surface area (Å²) in [4.78, 5) is 1.01. The van der Waals surface area contributed by atoms with Crippen molar-refractivity contribution in [1.29, 1.82) is 0 Å². The largest absolute Gasteiger partial charge is 0.860 e. The molecule has 0 fully saturated rings. The molecule has 18 heavy (non-hydrogen) atoms. The lowest BCUT2D eigenvalue weighted by Crippen LogP contribution is -2.50. The first-order valence-corrected chi connectivity index (χ1v) is 6.28. The lowest BCUT2D eigenvalue weighted by molar-refractivity contribution is -0.372. The first-order valence-electron chi connectivity index (χ1n) is 5.09. The van der Waals surface area contributed by atoms with Gasteiger partial charge in [-0.2, -0.15) is 0 Å². The monoisotopic (exact) mass is 282 g/mol. The van der Waals surface area contributed by atoms with E-state index in [1.54, 1.807) is 12.1 Å². The summed E-state index contributed by atoms with van der Waals surface area (Å²) in [6.45, 7) is 0.420. The van der Waals surface area contributed by atoms with Crippen molar-refractivity contribution in [1.82, 2.24) is 0 Å². The first-order chi connectivity index (χ1) is 8.63. The Morgan fingerprint density at radius 2 is 1.72 bits per heavy atom. The molecule has 0 aliphatic heterocycles. The fourth-order valence-electron chi connectivity index (χ4n) is 1.31. The smallest absolute Gasteiger partial charge is 0.133 e. The molecular weight excluding hydrogens is 274 g/mol. The summed E-state index contributed by atoms with van der Waals surface area (Å²) < 4.78 is 10.7. The molecule has 1 aromatic heterocycles. The third kappa shape index (κ3) is 3.92. The average Bonchev–Trinajstić information content (AvgIpc) is 2.74. The zero-order chi connectivity index (χ0) is 13.0. The Hall–Kier alpha value is -1.21. The molecule has 0 aliphatic carbocycles. The van der Waals surface area contributed by atoms with E-state index < -0.39 is 7.32 Å². The van der Waals surface area contributed by atoms with Crippen LogP contribution >= 0.6 is 22.9 Å². The molecular formula is C11H8BClO4S-2. The molecule has 0 atom stereocenters. The molecule has 1 heterocycles. The van der Waals surface area contributed by atoms with Crippen LogP contribution in [0.5, 0.6) is 11.5 Å². The van der Waals surface area contributed by atoms with Crippen molar-refractivity contribution in [2.75, 3.05) is 0 Å². The Kier molecular flexibility index (Phi) is 4.49. The zero-order valence-corrected chi connectivity index (χ0v) is 10.7. The molecule has 0 saturated heterocycles. The summed E-state index contributed by atoms with van der Waals surface area (Å²) in [5.41, 5.74) is 0. The molecule has 2 rings (SSSR count). The van der Waals surface area contributed by atoms with Crippen LogP contribution in [0.3, 0.4) is 0 Å². The standard InChI is InChI=1S/C11H8BClO4S/c13-11-6-5-10(18-11)7-16-8-1-3-9(4-2-8)17-12(14)15/h1-6H,7H2/q-2. The fraction of sp³-hybridized carbons (Fsp3) is 0.0909. The predicted molar refractivity (Wildman–Crippen MR) is 66.5 cm³/mol. The van der Waals surface area contributed by atoms with Gasteiger partial charge in [-0.15, -0.1) is 11.3 Å². The van der Waals surface area contributed by atoms with Crippen LogP contribution in [-0.2, 0) is 6.61 Å². The number of thiophene rings is 1. The van der Waals surface area contributed by atoms with Gasteiger partial charge in [0.05, 0.1) is 10.1 Å². The van der Waals surface area contributed by atoms with Gasteiger partial charge in [-0.25, -0.2) is 0 Å².